The van der Waals surface area contributed by atoms with Gasteiger partial charge in [0.1, 0.15) is 0 Å². The summed E-state index contributed by atoms with van der Waals surface area (Å²) in [5, 5.41) is 8.51. The molecule has 0 radical (unpaired) electrons. The average molecular weight is 245 g/mol. The third-order valence-corrected chi connectivity index (χ3v) is 2.24. The Kier molecular flexibility index (Phi) is 3.29. The predicted octanol–water partition coefficient (Wildman–Crippen LogP) is 3.59. The first kappa shape index (κ1) is 11.6. The second-order valence-electron chi connectivity index (χ2n) is 2.58. The highest BCUT2D eigenvalue weighted by molar-refractivity contribution is 6.36. The van der Waals surface area contributed by atoms with Crippen LogP contribution >= 0.6 is 23.2 Å². The molecule has 0 fully saturated rings. The Morgan fingerprint density at radius 2 is 1.57 bits per heavy atom. The summed E-state index contributed by atoms with van der Waals surface area (Å²) in [6.45, 7) is 0. The molecule has 14 heavy (non-hydrogen) atoms. The van der Waals surface area contributed by atoms with Crippen LogP contribution in [0.2, 0.25) is 10.0 Å². The summed E-state index contributed by atoms with van der Waals surface area (Å²) in [5.74, 6) is 0. The van der Waals surface area contributed by atoms with Gasteiger partial charge in [-0.05, 0) is 12.1 Å². The summed E-state index contributed by atoms with van der Waals surface area (Å²) >= 11 is 11.0. The van der Waals surface area contributed by atoms with Gasteiger partial charge < -0.3 is 5.11 Å². The summed E-state index contributed by atoms with van der Waals surface area (Å²) in [4.78, 5) is 0. The van der Waals surface area contributed by atoms with E-state index in [9.17, 15) is 13.2 Å². The van der Waals surface area contributed by atoms with Gasteiger partial charge in [-0.3, -0.25) is 0 Å². The van der Waals surface area contributed by atoms with Crippen molar-refractivity contribution in [3.8, 4) is 0 Å². The van der Waals surface area contributed by atoms with Gasteiger partial charge in [0, 0.05) is 15.6 Å². The molecule has 0 aliphatic carbocycles. The number of alkyl halides is 3. The molecule has 0 unspecified atom stereocenters. The molecule has 0 aliphatic heterocycles. The van der Waals surface area contributed by atoms with Gasteiger partial charge in [0.2, 0.25) is 0 Å². The number of hydrogen-bond donors (Lipinski definition) is 1. The Labute approximate surface area is 88.1 Å². The number of aliphatic hydroxyl groups excluding tert-OH is 1. The van der Waals surface area contributed by atoms with Crippen LogP contribution in [0.5, 0.6) is 0 Å². The molecule has 0 bridgehead atoms. The minimum absolute atomic E-state index is 0.206. The summed E-state index contributed by atoms with van der Waals surface area (Å²) < 4.78 is 36.4. The van der Waals surface area contributed by atoms with Gasteiger partial charge in [-0.25, -0.2) is 0 Å². The molecular weight excluding hydrogens is 240 g/mol. The van der Waals surface area contributed by atoms with Crippen molar-refractivity contribution in [2.45, 2.75) is 12.3 Å². The number of benzene rings is 1. The van der Waals surface area contributed by atoms with Crippen molar-refractivity contribution in [2.75, 3.05) is 0 Å². The van der Waals surface area contributed by atoms with Crippen LogP contribution in [0.3, 0.4) is 0 Å². The lowest BCUT2D eigenvalue weighted by Crippen LogP contribution is -2.20. The molecule has 1 aromatic rings. The van der Waals surface area contributed by atoms with Crippen molar-refractivity contribution >= 4 is 23.2 Å². The lowest BCUT2D eigenvalue weighted by Gasteiger charge is -2.17. The molecule has 1 rings (SSSR count). The number of rotatable bonds is 1. The zero-order valence-corrected chi connectivity index (χ0v) is 8.16. The first-order chi connectivity index (χ1) is 6.34. The van der Waals surface area contributed by atoms with Crippen LogP contribution in [0.1, 0.15) is 11.7 Å². The largest absolute Gasteiger partial charge is 0.418 e. The van der Waals surface area contributed by atoms with Crippen LogP contribution < -0.4 is 0 Å². The van der Waals surface area contributed by atoms with E-state index in [4.69, 9.17) is 28.3 Å². The number of aliphatic hydroxyl groups is 1. The standard InChI is InChI=1S/C8H5Cl2F3O/c9-4-2-1-3-5(10)6(4)7(14)8(11,12)13/h1-3,7,14H/t7-/m0/s1. The first-order valence-corrected chi connectivity index (χ1v) is 4.28. The highest BCUT2D eigenvalue weighted by Gasteiger charge is 2.41. The predicted molar refractivity (Wildman–Crippen MR) is 47.5 cm³/mol. The lowest BCUT2D eigenvalue weighted by atomic mass is 10.1. The van der Waals surface area contributed by atoms with Crippen LogP contribution in [-0.2, 0) is 0 Å². The minimum Gasteiger partial charge on any atom is -0.379 e. The maximum absolute atomic E-state index is 12.1. The van der Waals surface area contributed by atoms with Crippen molar-refractivity contribution < 1.29 is 18.3 Å². The molecule has 1 N–H and O–H groups in total. The maximum atomic E-state index is 12.1. The molecule has 0 aromatic heterocycles. The average Bonchev–Trinajstić information content (AvgIpc) is 2.01. The van der Waals surface area contributed by atoms with Gasteiger partial charge in [-0.2, -0.15) is 13.2 Å². The van der Waals surface area contributed by atoms with Crippen LogP contribution in [0.15, 0.2) is 18.2 Å². The van der Waals surface area contributed by atoms with E-state index in [0.29, 0.717) is 0 Å². The van der Waals surface area contributed by atoms with E-state index in [-0.39, 0.29) is 10.0 Å². The molecule has 78 valence electrons. The van der Waals surface area contributed by atoms with E-state index in [0.717, 1.165) is 0 Å². The van der Waals surface area contributed by atoms with Crippen molar-refractivity contribution in [3.63, 3.8) is 0 Å². The third kappa shape index (κ3) is 2.32. The summed E-state index contributed by atoms with van der Waals surface area (Å²) in [7, 11) is 0. The van der Waals surface area contributed by atoms with Crippen molar-refractivity contribution in [3.05, 3.63) is 33.8 Å². The van der Waals surface area contributed by atoms with Crippen molar-refractivity contribution in [2.24, 2.45) is 0 Å². The summed E-state index contributed by atoms with van der Waals surface area (Å²) in [5.41, 5.74) is -0.511. The fourth-order valence-electron chi connectivity index (χ4n) is 0.936. The van der Waals surface area contributed by atoms with E-state index < -0.39 is 17.8 Å². The Hall–Kier alpha value is -0.450. The van der Waals surface area contributed by atoms with Crippen molar-refractivity contribution in [1.29, 1.82) is 0 Å². The molecular formula is C8H5Cl2F3O. The van der Waals surface area contributed by atoms with Gasteiger partial charge in [0.05, 0.1) is 0 Å². The fourth-order valence-corrected chi connectivity index (χ4v) is 1.54. The molecule has 0 heterocycles. The SMILES string of the molecule is O[C@@H](c1c(Cl)cccc1Cl)C(F)(F)F. The van der Waals surface area contributed by atoms with E-state index in [2.05, 4.69) is 0 Å². The monoisotopic (exact) mass is 244 g/mol. The normalized spacial score (nSPS) is 14.1. The van der Waals surface area contributed by atoms with Gasteiger partial charge in [0.25, 0.3) is 0 Å². The minimum atomic E-state index is -4.77. The molecule has 0 spiro atoms. The van der Waals surface area contributed by atoms with Crippen LogP contribution in [0.25, 0.3) is 0 Å². The molecule has 0 saturated heterocycles. The number of hydrogen-bond acceptors (Lipinski definition) is 1. The Bertz CT molecular complexity index is 318. The molecule has 0 saturated carbocycles. The lowest BCUT2D eigenvalue weighted by molar-refractivity contribution is -0.206. The summed E-state index contributed by atoms with van der Waals surface area (Å²) in [6, 6.07) is 3.87. The van der Waals surface area contributed by atoms with Gasteiger partial charge in [-0.1, -0.05) is 29.3 Å². The smallest absolute Gasteiger partial charge is 0.379 e. The van der Waals surface area contributed by atoms with Crippen LogP contribution in [0.4, 0.5) is 13.2 Å². The Morgan fingerprint density at radius 1 is 1.14 bits per heavy atom. The first-order valence-electron chi connectivity index (χ1n) is 3.52. The van der Waals surface area contributed by atoms with E-state index in [1.807, 2.05) is 0 Å². The van der Waals surface area contributed by atoms with Crippen LogP contribution in [-0.4, -0.2) is 11.3 Å². The van der Waals surface area contributed by atoms with E-state index >= 15 is 0 Å². The second kappa shape index (κ2) is 3.96. The molecule has 1 atom stereocenters. The van der Waals surface area contributed by atoms with Gasteiger partial charge >= 0.3 is 6.18 Å². The molecule has 6 heteroatoms. The number of halogens is 5. The maximum Gasteiger partial charge on any atom is 0.418 e. The fraction of sp³-hybridized carbons (Fsp3) is 0.250. The quantitative estimate of drug-likeness (QED) is 0.801. The van der Waals surface area contributed by atoms with E-state index in [1.165, 1.54) is 18.2 Å². The zero-order valence-electron chi connectivity index (χ0n) is 6.65. The molecule has 1 nitrogen and oxygen atoms in total. The Morgan fingerprint density at radius 3 is 1.93 bits per heavy atom. The van der Waals surface area contributed by atoms with E-state index in [1.54, 1.807) is 0 Å². The Balaban J connectivity index is 3.19. The zero-order chi connectivity index (χ0) is 10.9. The van der Waals surface area contributed by atoms with Gasteiger partial charge in [0.15, 0.2) is 6.10 Å². The van der Waals surface area contributed by atoms with Crippen molar-refractivity contribution in [1.82, 2.24) is 0 Å². The summed E-state index contributed by atoms with van der Waals surface area (Å²) in [6.07, 6.45) is -7.42. The second-order valence-corrected chi connectivity index (χ2v) is 3.39. The third-order valence-electron chi connectivity index (χ3n) is 1.58. The molecule has 0 aliphatic rings. The highest BCUT2D eigenvalue weighted by Crippen LogP contribution is 2.39. The molecule has 0 amide bonds. The molecule has 1 aromatic carbocycles. The highest BCUT2D eigenvalue weighted by atomic mass is 35.5. The van der Waals surface area contributed by atoms with Crippen LogP contribution in [0, 0.1) is 0 Å². The topological polar surface area (TPSA) is 20.2 Å². The van der Waals surface area contributed by atoms with Gasteiger partial charge in [-0.15, -0.1) is 0 Å².